The van der Waals surface area contributed by atoms with E-state index in [1.807, 2.05) is 0 Å². The zero-order valence-corrected chi connectivity index (χ0v) is 17.1. The van der Waals surface area contributed by atoms with Crippen LogP contribution < -0.4 is 10.9 Å². The van der Waals surface area contributed by atoms with E-state index in [2.05, 4.69) is 5.32 Å². The molecule has 0 radical (unpaired) electrons. The van der Waals surface area contributed by atoms with Crippen LogP contribution in [0.4, 0.5) is 4.79 Å². The number of hydrogen-bond donors (Lipinski definition) is 3. The first-order valence-corrected chi connectivity index (χ1v) is 9.76. The van der Waals surface area contributed by atoms with Crippen molar-refractivity contribution in [2.45, 2.75) is 44.7 Å². The molecule has 8 nitrogen and oxygen atoms in total. The van der Waals surface area contributed by atoms with Crippen LogP contribution in [-0.2, 0) is 11.3 Å². The van der Waals surface area contributed by atoms with E-state index in [4.69, 9.17) is 4.74 Å². The number of alkyl carbamates (subject to hydrolysis) is 1. The van der Waals surface area contributed by atoms with Crippen LogP contribution in [0, 0.1) is 0 Å². The van der Waals surface area contributed by atoms with Gasteiger partial charge in [0.2, 0.25) is 0 Å². The molecular weight excluding hydrogens is 384 g/mol. The molecule has 0 aliphatic rings. The van der Waals surface area contributed by atoms with Gasteiger partial charge in [-0.05, 0) is 45.9 Å². The quantitative estimate of drug-likeness (QED) is 0.497. The molecule has 1 heterocycles. The van der Waals surface area contributed by atoms with E-state index in [0.717, 1.165) is 4.90 Å². The molecule has 0 spiro atoms. The zero-order valence-electron chi connectivity index (χ0n) is 16.2. The molecular formula is C19H24N2O6S. The molecule has 0 bridgehead atoms. The summed E-state index contributed by atoms with van der Waals surface area (Å²) in [6, 6.07) is 5.10. The van der Waals surface area contributed by atoms with Gasteiger partial charge in [-0.2, -0.15) is 0 Å². The Balaban J connectivity index is 2.19. The van der Waals surface area contributed by atoms with Gasteiger partial charge < -0.3 is 24.8 Å². The van der Waals surface area contributed by atoms with Crippen molar-refractivity contribution in [3.63, 3.8) is 0 Å². The number of carbonyl (C=O) groups is 2. The fourth-order valence-corrected chi connectivity index (χ4v) is 3.46. The molecule has 0 aliphatic carbocycles. The van der Waals surface area contributed by atoms with Crippen LogP contribution in [0.2, 0.25) is 0 Å². The van der Waals surface area contributed by atoms with E-state index in [-0.39, 0.29) is 6.54 Å². The highest BCUT2D eigenvalue weighted by Crippen LogP contribution is 2.30. The third-order valence-electron chi connectivity index (χ3n) is 3.78. The van der Waals surface area contributed by atoms with Crippen LogP contribution >= 0.6 is 11.8 Å². The van der Waals surface area contributed by atoms with Crippen molar-refractivity contribution in [2.24, 2.45) is 0 Å². The van der Waals surface area contributed by atoms with Crippen LogP contribution in [0.1, 0.15) is 38.1 Å². The molecule has 1 amide bonds. The maximum atomic E-state index is 12.3. The number of carboxylic acids is 1. The monoisotopic (exact) mass is 408 g/mol. The van der Waals surface area contributed by atoms with E-state index in [0.29, 0.717) is 23.2 Å². The SMILES string of the molecule is CCn1c(=O)c(C(=O)O)c(O)c2cc(SCCNC(=O)OC(C)(C)C)ccc21. The number of pyridine rings is 1. The Labute approximate surface area is 166 Å². The van der Waals surface area contributed by atoms with Crippen molar-refractivity contribution >= 4 is 34.7 Å². The normalized spacial score (nSPS) is 11.4. The molecule has 1 aromatic heterocycles. The lowest BCUT2D eigenvalue weighted by Crippen LogP contribution is -2.33. The lowest BCUT2D eigenvalue weighted by Gasteiger charge is -2.19. The summed E-state index contributed by atoms with van der Waals surface area (Å²) < 4.78 is 6.47. The number of aromatic carboxylic acids is 1. The fraction of sp³-hybridized carbons (Fsp3) is 0.421. The number of hydrogen-bond acceptors (Lipinski definition) is 6. The first kappa shape index (κ1) is 21.6. The summed E-state index contributed by atoms with van der Waals surface area (Å²) in [6.45, 7) is 7.73. The summed E-state index contributed by atoms with van der Waals surface area (Å²) in [6.07, 6.45) is -0.498. The lowest BCUT2D eigenvalue weighted by atomic mass is 10.1. The van der Waals surface area contributed by atoms with E-state index in [1.54, 1.807) is 45.9 Å². The molecule has 0 unspecified atom stereocenters. The number of ether oxygens (including phenoxy) is 1. The molecule has 0 saturated heterocycles. The van der Waals surface area contributed by atoms with Crippen molar-refractivity contribution in [2.75, 3.05) is 12.3 Å². The van der Waals surface area contributed by atoms with Gasteiger partial charge in [0, 0.05) is 29.1 Å². The van der Waals surface area contributed by atoms with Crippen molar-refractivity contribution in [3.8, 4) is 5.75 Å². The molecule has 152 valence electrons. The number of nitrogens with zero attached hydrogens (tertiary/aromatic N) is 1. The number of thioether (sulfide) groups is 1. The van der Waals surface area contributed by atoms with Crippen molar-refractivity contribution in [3.05, 3.63) is 34.1 Å². The third kappa shape index (κ3) is 4.98. The smallest absolute Gasteiger partial charge is 0.407 e. The average Bonchev–Trinajstić information content (AvgIpc) is 2.57. The molecule has 9 heteroatoms. The van der Waals surface area contributed by atoms with Crippen LogP contribution in [-0.4, -0.2) is 44.7 Å². The molecule has 0 fully saturated rings. The van der Waals surface area contributed by atoms with E-state index in [1.165, 1.54) is 16.3 Å². The summed E-state index contributed by atoms with van der Waals surface area (Å²) in [5, 5.41) is 22.5. The Morgan fingerprint density at radius 3 is 2.54 bits per heavy atom. The predicted molar refractivity (Wildman–Crippen MR) is 107 cm³/mol. The van der Waals surface area contributed by atoms with Crippen LogP contribution in [0.25, 0.3) is 10.9 Å². The van der Waals surface area contributed by atoms with E-state index >= 15 is 0 Å². The highest BCUT2D eigenvalue weighted by atomic mass is 32.2. The number of fused-ring (bicyclic) bond motifs is 1. The highest BCUT2D eigenvalue weighted by molar-refractivity contribution is 7.99. The molecule has 2 aromatic rings. The first-order valence-electron chi connectivity index (χ1n) is 8.77. The Morgan fingerprint density at radius 2 is 1.96 bits per heavy atom. The molecule has 28 heavy (non-hydrogen) atoms. The second-order valence-corrected chi connectivity index (χ2v) is 8.20. The summed E-state index contributed by atoms with van der Waals surface area (Å²) in [5.74, 6) is -1.46. The topological polar surface area (TPSA) is 118 Å². The summed E-state index contributed by atoms with van der Waals surface area (Å²) in [7, 11) is 0. The van der Waals surface area contributed by atoms with Gasteiger partial charge in [0.25, 0.3) is 5.56 Å². The van der Waals surface area contributed by atoms with Gasteiger partial charge in [0.1, 0.15) is 11.4 Å². The highest BCUT2D eigenvalue weighted by Gasteiger charge is 2.21. The number of aryl methyl sites for hydroxylation is 1. The number of rotatable bonds is 6. The number of carboxylic acid groups (broad SMARTS) is 1. The molecule has 2 rings (SSSR count). The van der Waals surface area contributed by atoms with Crippen molar-refractivity contribution in [1.29, 1.82) is 0 Å². The number of carbonyl (C=O) groups excluding carboxylic acids is 1. The minimum absolute atomic E-state index is 0.280. The Bertz CT molecular complexity index is 962. The molecule has 0 atom stereocenters. The number of aromatic nitrogens is 1. The van der Waals surface area contributed by atoms with Gasteiger partial charge in [-0.25, -0.2) is 9.59 Å². The lowest BCUT2D eigenvalue weighted by molar-refractivity contribution is 0.0530. The van der Waals surface area contributed by atoms with Gasteiger partial charge in [-0.15, -0.1) is 11.8 Å². The number of benzene rings is 1. The number of nitrogens with one attached hydrogen (secondary N) is 1. The van der Waals surface area contributed by atoms with Gasteiger partial charge >= 0.3 is 12.1 Å². The molecule has 3 N–H and O–H groups in total. The van der Waals surface area contributed by atoms with Crippen LogP contribution in [0.5, 0.6) is 5.75 Å². The second-order valence-electron chi connectivity index (χ2n) is 7.03. The third-order valence-corrected chi connectivity index (χ3v) is 4.77. The Hall–Kier alpha value is -2.68. The minimum Gasteiger partial charge on any atom is -0.506 e. The fourth-order valence-electron chi connectivity index (χ4n) is 2.65. The Morgan fingerprint density at radius 1 is 1.29 bits per heavy atom. The average molecular weight is 408 g/mol. The molecule has 0 saturated carbocycles. The summed E-state index contributed by atoms with van der Waals surface area (Å²) in [5.41, 5.74) is -1.47. The maximum absolute atomic E-state index is 12.3. The van der Waals surface area contributed by atoms with Crippen molar-refractivity contribution < 1.29 is 24.5 Å². The number of aromatic hydroxyl groups is 1. The number of amides is 1. The van der Waals surface area contributed by atoms with Crippen LogP contribution in [0.15, 0.2) is 27.9 Å². The van der Waals surface area contributed by atoms with Crippen LogP contribution in [0.3, 0.4) is 0 Å². The van der Waals surface area contributed by atoms with Gasteiger partial charge in [0.15, 0.2) is 5.56 Å². The van der Waals surface area contributed by atoms with Gasteiger partial charge in [-0.1, -0.05) is 0 Å². The van der Waals surface area contributed by atoms with E-state index in [9.17, 15) is 24.6 Å². The molecule has 0 aliphatic heterocycles. The standard InChI is InChI=1S/C19H24N2O6S/c1-5-21-13-7-6-11(28-9-8-20-18(26)27-19(2,3)4)10-12(13)15(22)14(16(21)23)17(24)25/h6-7,10,22H,5,8-9H2,1-4H3,(H,20,26)(H,24,25). The Kier molecular flexibility index (Phi) is 6.60. The maximum Gasteiger partial charge on any atom is 0.407 e. The largest absolute Gasteiger partial charge is 0.506 e. The first-order chi connectivity index (χ1) is 13.0. The van der Waals surface area contributed by atoms with Gasteiger partial charge in [0.05, 0.1) is 5.52 Å². The minimum atomic E-state index is -1.47. The summed E-state index contributed by atoms with van der Waals surface area (Å²) in [4.78, 5) is 36.1. The molecule has 1 aromatic carbocycles. The summed E-state index contributed by atoms with van der Waals surface area (Å²) >= 11 is 1.42. The predicted octanol–water partition coefficient (Wildman–Crippen LogP) is 3.04. The van der Waals surface area contributed by atoms with E-state index < -0.39 is 34.5 Å². The second kappa shape index (κ2) is 8.55. The zero-order chi connectivity index (χ0) is 21.1. The van der Waals surface area contributed by atoms with Gasteiger partial charge in [-0.3, -0.25) is 4.79 Å². The van der Waals surface area contributed by atoms with Crippen molar-refractivity contribution in [1.82, 2.24) is 9.88 Å².